The van der Waals surface area contributed by atoms with E-state index in [0.717, 1.165) is 0 Å². The van der Waals surface area contributed by atoms with Crippen molar-refractivity contribution in [2.24, 2.45) is 0 Å². The van der Waals surface area contributed by atoms with E-state index in [2.05, 4.69) is 0 Å². The van der Waals surface area contributed by atoms with Gasteiger partial charge in [0.15, 0.2) is 11.6 Å². The van der Waals surface area contributed by atoms with Gasteiger partial charge in [-0.15, -0.1) is 0 Å². The Hall–Kier alpha value is -3.15. The molecule has 0 aliphatic carbocycles. The number of para-hydroxylation sites is 1. The monoisotopic (exact) mass is 342 g/mol. The molecule has 128 valence electrons. The fraction of sp³-hybridized carbons (Fsp3) is 0.158. The van der Waals surface area contributed by atoms with Crippen molar-refractivity contribution in [3.05, 3.63) is 65.5 Å². The Morgan fingerprint density at radius 2 is 1.64 bits per heavy atom. The van der Waals surface area contributed by atoms with E-state index in [4.69, 9.17) is 14.2 Å². The number of esters is 2. The average molecular weight is 342 g/mol. The molecular formula is C19H15FO5. The third-order valence-electron chi connectivity index (χ3n) is 3.35. The highest BCUT2D eigenvalue weighted by molar-refractivity contribution is 6.18. The summed E-state index contributed by atoms with van der Waals surface area (Å²) in [6, 6.07) is 12.7. The van der Waals surface area contributed by atoms with E-state index >= 15 is 0 Å². The molecule has 0 unspecified atom stereocenters. The van der Waals surface area contributed by atoms with E-state index in [-0.39, 0.29) is 11.3 Å². The molecule has 25 heavy (non-hydrogen) atoms. The Morgan fingerprint density at radius 1 is 1.00 bits per heavy atom. The van der Waals surface area contributed by atoms with Gasteiger partial charge in [0.05, 0.1) is 0 Å². The van der Waals surface area contributed by atoms with Gasteiger partial charge in [-0.1, -0.05) is 24.3 Å². The van der Waals surface area contributed by atoms with Crippen molar-refractivity contribution in [1.29, 1.82) is 0 Å². The highest BCUT2D eigenvalue weighted by atomic mass is 19.1. The molecule has 0 N–H and O–H groups in total. The molecular weight excluding hydrogens is 327 g/mol. The van der Waals surface area contributed by atoms with Crippen molar-refractivity contribution in [3.8, 4) is 11.5 Å². The van der Waals surface area contributed by atoms with Gasteiger partial charge in [0, 0.05) is 13.8 Å². The predicted octanol–water partition coefficient (Wildman–Crippen LogP) is 3.84. The molecule has 0 saturated carbocycles. The summed E-state index contributed by atoms with van der Waals surface area (Å²) in [7, 11) is 0. The van der Waals surface area contributed by atoms with Crippen LogP contribution in [0.25, 0.3) is 6.08 Å². The number of benzene rings is 2. The van der Waals surface area contributed by atoms with Gasteiger partial charge in [0.1, 0.15) is 11.3 Å². The number of rotatable bonds is 3. The zero-order valence-corrected chi connectivity index (χ0v) is 13.6. The minimum absolute atomic E-state index is 0.0292. The first-order valence-electron chi connectivity index (χ1n) is 7.55. The minimum atomic E-state index is -1.31. The number of hydrogen-bond acceptors (Lipinski definition) is 5. The molecule has 2 aromatic rings. The van der Waals surface area contributed by atoms with Gasteiger partial charge in [-0.25, -0.2) is 14.0 Å². The summed E-state index contributed by atoms with van der Waals surface area (Å²) in [5, 5.41) is 0. The highest BCUT2D eigenvalue weighted by Crippen LogP contribution is 2.28. The average Bonchev–Trinajstić information content (AvgIpc) is 2.54. The second-order valence-electron chi connectivity index (χ2n) is 5.84. The standard InChI is InChI=1S/C19H15FO5/c1-19(2)24-17(21)14(18(22)25-19)10-12-8-9-15(20)16(11-12)23-13-6-4-3-5-7-13/h3-11H,1-2H3. The van der Waals surface area contributed by atoms with Gasteiger partial charge < -0.3 is 14.2 Å². The zero-order valence-electron chi connectivity index (χ0n) is 13.6. The van der Waals surface area contributed by atoms with Crippen LogP contribution in [0, 0.1) is 5.82 Å². The number of carbonyl (C=O) groups excluding carboxylic acids is 2. The summed E-state index contributed by atoms with van der Waals surface area (Å²) >= 11 is 0. The third-order valence-corrected chi connectivity index (χ3v) is 3.35. The van der Waals surface area contributed by atoms with Gasteiger partial charge >= 0.3 is 11.9 Å². The van der Waals surface area contributed by atoms with E-state index in [1.807, 2.05) is 6.07 Å². The van der Waals surface area contributed by atoms with Crippen LogP contribution in [0.4, 0.5) is 4.39 Å². The first-order chi connectivity index (χ1) is 11.8. The normalized spacial score (nSPS) is 16.0. The van der Waals surface area contributed by atoms with E-state index in [9.17, 15) is 14.0 Å². The lowest BCUT2D eigenvalue weighted by Gasteiger charge is -2.29. The predicted molar refractivity (Wildman–Crippen MR) is 87.2 cm³/mol. The van der Waals surface area contributed by atoms with E-state index in [1.165, 1.54) is 38.1 Å². The van der Waals surface area contributed by atoms with Gasteiger partial charge in [0.2, 0.25) is 0 Å². The largest absolute Gasteiger partial charge is 0.454 e. The molecule has 0 atom stereocenters. The molecule has 0 bridgehead atoms. The smallest absolute Gasteiger partial charge is 0.348 e. The van der Waals surface area contributed by atoms with Crippen molar-refractivity contribution in [3.63, 3.8) is 0 Å². The molecule has 3 rings (SSSR count). The number of ether oxygens (including phenoxy) is 3. The zero-order chi connectivity index (χ0) is 18.0. The summed E-state index contributed by atoms with van der Waals surface area (Å²) in [6.07, 6.45) is 1.27. The molecule has 1 heterocycles. The first-order valence-corrected chi connectivity index (χ1v) is 7.55. The van der Waals surface area contributed by atoms with Crippen molar-refractivity contribution < 1.29 is 28.2 Å². The molecule has 1 saturated heterocycles. The summed E-state index contributed by atoms with van der Waals surface area (Å²) in [5.41, 5.74) is 0.132. The van der Waals surface area contributed by atoms with Crippen molar-refractivity contribution in [2.75, 3.05) is 0 Å². The van der Waals surface area contributed by atoms with Crippen LogP contribution < -0.4 is 4.74 Å². The van der Waals surface area contributed by atoms with Gasteiger partial charge in [0.25, 0.3) is 5.79 Å². The van der Waals surface area contributed by atoms with E-state index in [1.54, 1.807) is 24.3 Å². The number of carbonyl (C=O) groups is 2. The lowest BCUT2D eigenvalue weighted by Crippen LogP contribution is -2.41. The fourth-order valence-electron chi connectivity index (χ4n) is 2.25. The molecule has 1 aliphatic heterocycles. The Kier molecular flexibility index (Phi) is 4.27. The fourth-order valence-corrected chi connectivity index (χ4v) is 2.25. The van der Waals surface area contributed by atoms with Gasteiger partial charge in [-0.3, -0.25) is 0 Å². The Bertz CT molecular complexity index is 833. The summed E-state index contributed by atoms with van der Waals surface area (Å²) < 4.78 is 29.5. The topological polar surface area (TPSA) is 61.8 Å². The van der Waals surface area contributed by atoms with Crippen LogP contribution in [0.15, 0.2) is 54.1 Å². The van der Waals surface area contributed by atoms with Gasteiger partial charge in [-0.05, 0) is 35.9 Å². The Balaban J connectivity index is 1.90. The van der Waals surface area contributed by atoms with E-state index < -0.39 is 23.5 Å². The summed E-state index contributed by atoms with van der Waals surface area (Å²) in [5.74, 6) is -3.04. The Labute approximate surface area is 143 Å². The van der Waals surface area contributed by atoms with Crippen LogP contribution in [-0.2, 0) is 19.1 Å². The Morgan fingerprint density at radius 3 is 2.28 bits per heavy atom. The minimum Gasteiger partial charge on any atom is -0.454 e. The maximum Gasteiger partial charge on any atom is 0.348 e. The van der Waals surface area contributed by atoms with Crippen LogP contribution in [0.3, 0.4) is 0 Å². The van der Waals surface area contributed by atoms with Crippen molar-refractivity contribution >= 4 is 18.0 Å². The lowest BCUT2D eigenvalue weighted by atomic mass is 10.1. The number of cyclic esters (lactones) is 2. The third kappa shape index (κ3) is 3.85. The van der Waals surface area contributed by atoms with Crippen LogP contribution in [0.2, 0.25) is 0 Å². The van der Waals surface area contributed by atoms with Crippen molar-refractivity contribution in [2.45, 2.75) is 19.6 Å². The molecule has 0 aromatic heterocycles. The maximum atomic E-state index is 14.0. The number of hydrogen-bond donors (Lipinski definition) is 0. The summed E-state index contributed by atoms with van der Waals surface area (Å²) in [4.78, 5) is 23.9. The van der Waals surface area contributed by atoms with Crippen molar-refractivity contribution in [1.82, 2.24) is 0 Å². The van der Waals surface area contributed by atoms with Crippen LogP contribution in [0.5, 0.6) is 11.5 Å². The van der Waals surface area contributed by atoms with Crippen LogP contribution in [-0.4, -0.2) is 17.7 Å². The van der Waals surface area contributed by atoms with E-state index in [0.29, 0.717) is 11.3 Å². The maximum absolute atomic E-state index is 14.0. The first kappa shape index (κ1) is 16.7. The quantitative estimate of drug-likeness (QED) is 0.482. The van der Waals surface area contributed by atoms with Crippen LogP contribution >= 0.6 is 0 Å². The molecule has 6 heteroatoms. The molecule has 1 aliphatic rings. The molecule has 2 aromatic carbocycles. The number of halogens is 1. The highest BCUT2D eigenvalue weighted by Gasteiger charge is 2.38. The SMILES string of the molecule is CC1(C)OC(=O)C(=Cc2ccc(F)c(Oc3ccccc3)c2)C(=O)O1. The molecule has 0 amide bonds. The molecule has 0 spiro atoms. The second-order valence-corrected chi connectivity index (χ2v) is 5.84. The lowest BCUT2D eigenvalue weighted by molar-refractivity contribution is -0.222. The molecule has 1 fully saturated rings. The summed E-state index contributed by atoms with van der Waals surface area (Å²) in [6.45, 7) is 2.92. The van der Waals surface area contributed by atoms with Gasteiger partial charge in [-0.2, -0.15) is 0 Å². The molecule has 0 radical (unpaired) electrons. The second kappa shape index (κ2) is 6.39. The van der Waals surface area contributed by atoms with Crippen LogP contribution in [0.1, 0.15) is 19.4 Å². The molecule has 5 nitrogen and oxygen atoms in total.